The third-order valence-electron chi connectivity index (χ3n) is 2.60. The van der Waals surface area contributed by atoms with Crippen molar-refractivity contribution in [1.29, 1.82) is 5.41 Å². The predicted molar refractivity (Wildman–Crippen MR) is 75.1 cm³/mol. The second-order valence-corrected chi connectivity index (χ2v) is 3.81. The Morgan fingerprint density at radius 2 is 2.32 bits per heavy atom. The van der Waals surface area contributed by atoms with E-state index in [1.807, 2.05) is 6.07 Å². The number of aromatic amines is 1. The molecule has 0 aliphatic rings. The molecule has 1 aromatic carbocycles. The first-order valence-electron chi connectivity index (χ1n) is 5.54. The number of nitrogen functional groups attached to an aromatic ring is 1. The van der Waals surface area contributed by atoms with Crippen molar-refractivity contribution in [1.82, 2.24) is 10.2 Å². The molecule has 0 saturated heterocycles. The van der Waals surface area contributed by atoms with Crippen LogP contribution in [0.2, 0.25) is 0 Å². The number of carbonyl (C=O) groups is 1. The van der Waals surface area contributed by atoms with Crippen molar-refractivity contribution in [2.45, 2.75) is 0 Å². The summed E-state index contributed by atoms with van der Waals surface area (Å²) < 4.78 is 0. The molecule has 0 unspecified atom stereocenters. The second kappa shape index (κ2) is 5.18. The van der Waals surface area contributed by atoms with Gasteiger partial charge in [0.25, 0.3) is 0 Å². The van der Waals surface area contributed by atoms with E-state index in [0.29, 0.717) is 22.8 Å². The third-order valence-corrected chi connectivity index (χ3v) is 2.60. The molecule has 6 nitrogen and oxygen atoms in total. The summed E-state index contributed by atoms with van der Waals surface area (Å²) in [5, 5.41) is 16.6. The largest absolute Gasteiger partial charge is 0.398 e. The Bertz CT molecular complexity index is 644. The number of rotatable bonds is 4. The van der Waals surface area contributed by atoms with Gasteiger partial charge in [-0.25, -0.2) is 0 Å². The number of nitrogens with zero attached hydrogens (tertiary/aromatic N) is 1. The van der Waals surface area contributed by atoms with E-state index < -0.39 is 0 Å². The minimum atomic E-state index is -0.334. The molecule has 1 aromatic heterocycles. The van der Waals surface area contributed by atoms with E-state index in [9.17, 15) is 4.79 Å². The number of anilines is 2. The van der Waals surface area contributed by atoms with Gasteiger partial charge in [-0.2, -0.15) is 5.10 Å². The number of aromatic nitrogens is 2. The summed E-state index contributed by atoms with van der Waals surface area (Å²) >= 11 is 0. The molecule has 0 aliphatic heterocycles. The standard InChI is InChI=1S/C13H13N5O/c1-2-12(19)16-11-6-10(17-18-11)9-5-3-4-8(7-14)13(9)15/h2-7,14H,1,15H2,(H2,16,17,18,19). The fourth-order valence-electron chi connectivity index (χ4n) is 1.64. The van der Waals surface area contributed by atoms with Crippen LogP contribution in [-0.4, -0.2) is 22.3 Å². The molecule has 2 rings (SSSR count). The van der Waals surface area contributed by atoms with Crippen LogP contribution in [0.4, 0.5) is 11.5 Å². The third kappa shape index (κ3) is 2.52. The number of hydrogen-bond donors (Lipinski definition) is 4. The maximum Gasteiger partial charge on any atom is 0.248 e. The maximum atomic E-state index is 11.2. The van der Waals surface area contributed by atoms with Crippen molar-refractivity contribution in [3.05, 3.63) is 42.5 Å². The molecule has 0 fully saturated rings. The van der Waals surface area contributed by atoms with Gasteiger partial charge in [0.05, 0.1) is 5.69 Å². The fraction of sp³-hybridized carbons (Fsp3) is 0. The van der Waals surface area contributed by atoms with Crippen molar-refractivity contribution in [2.24, 2.45) is 0 Å². The van der Waals surface area contributed by atoms with E-state index >= 15 is 0 Å². The lowest BCUT2D eigenvalue weighted by Crippen LogP contribution is -2.07. The number of amides is 1. The van der Waals surface area contributed by atoms with Crippen molar-refractivity contribution < 1.29 is 4.79 Å². The molecule has 96 valence electrons. The molecule has 19 heavy (non-hydrogen) atoms. The van der Waals surface area contributed by atoms with E-state index in [1.54, 1.807) is 18.2 Å². The molecule has 0 radical (unpaired) electrons. The number of nitrogens with two attached hydrogens (primary N) is 1. The SMILES string of the molecule is C=CC(=O)Nc1cc(-c2cccc(C=N)c2N)[nH]n1. The first kappa shape index (κ1) is 12.6. The molecular formula is C13H13N5O. The number of hydrogen-bond acceptors (Lipinski definition) is 4. The minimum Gasteiger partial charge on any atom is -0.398 e. The van der Waals surface area contributed by atoms with Crippen LogP contribution in [0.5, 0.6) is 0 Å². The molecule has 1 heterocycles. The van der Waals surface area contributed by atoms with Crippen molar-refractivity contribution in [3.8, 4) is 11.3 Å². The highest BCUT2D eigenvalue weighted by molar-refractivity contribution is 5.98. The predicted octanol–water partition coefficient (Wildman–Crippen LogP) is 1.78. The monoisotopic (exact) mass is 255 g/mol. The number of para-hydroxylation sites is 1. The molecule has 0 saturated carbocycles. The van der Waals surface area contributed by atoms with Gasteiger partial charge in [-0.1, -0.05) is 24.8 Å². The molecule has 2 aromatic rings. The summed E-state index contributed by atoms with van der Waals surface area (Å²) in [6.07, 6.45) is 2.36. The first-order valence-corrected chi connectivity index (χ1v) is 5.54. The zero-order valence-corrected chi connectivity index (χ0v) is 10.1. The van der Waals surface area contributed by atoms with Gasteiger partial charge in [0.15, 0.2) is 5.82 Å². The minimum absolute atomic E-state index is 0.334. The Balaban J connectivity index is 2.35. The summed E-state index contributed by atoms with van der Waals surface area (Å²) in [4.78, 5) is 11.2. The highest BCUT2D eigenvalue weighted by Crippen LogP contribution is 2.27. The van der Waals surface area contributed by atoms with Crippen LogP contribution in [0.15, 0.2) is 36.9 Å². The summed E-state index contributed by atoms with van der Waals surface area (Å²) in [6.45, 7) is 3.36. The van der Waals surface area contributed by atoms with E-state index in [4.69, 9.17) is 11.1 Å². The molecular weight excluding hydrogens is 242 g/mol. The van der Waals surface area contributed by atoms with Crippen molar-refractivity contribution in [2.75, 3.05) is 11.1 Å². The summed E-state index contributed by atoms with van der Waals surface area (Å²) in [6, 6.07) is 7.03. The summed E-state index contributed by atoms with van der Waals surface area (Å²) in [5.74, 6) is 0.0545. The highest BCUT2D eigenvalue weighted by Gasteiger charge is 2.09. The van der Waals surface area contributed by atoms with Gasteiger partial charge in [-0.05, 0) is 6.08 Å². The summed E-state index contributed by atoms with van der Waals surface area (Å²) in [7, 11) is 0. The number of H-pyrrole nitrogens is 1. The van der Waals surface area contributed by atoms with E-state index in [2.05, 4.69) is 22.1 Å². The number of nitrogens with one attached hydrogen (secondary N) is 3. The lowest BCUT2D eigenvalue weighted by Gasteiger charge is -2.05. The second-order valence-electron chi connectivity index (χ2n) is 3.81. The Morgan fingerprint density at radius 3 is 3.00 bits per heavy atom. The average Bonchev–Trinajstić information content (AvgIpc) is 2.87. The smallest absolute Gasteiger partial charge is 0.248 e. The Kier molecular flexibility index (Phi) is 3.42. The average molecular weight is 255 g/mol. The fourth-order valence-corrected chi connectivity index (χ4v) is 1.64. The summed E-state index contributed by atoms with van der Waals surface area (Å²) in [5.41, 5.74) is 8.47. The topological polar surface area (TPSA) is 108 Å². The van der Waals surface area contributed by atoms with E-state index in [0.717, 1.165) is 5.56 Å². The zero-order chi connectivity index (χ0) is 13.8. The maximum absolute atomic E-state index is 11.2. The van der Waals surface area contributed by atoms with Crippen LogP contribution in [0.1, 0.15) is 5.56 Å². The van der Waals surface area contributed by atoms with E-state index in [1.165, 1.54) is 12.3 Å². The lowest BCUT2D eigenvalue weighted by molar-refractivity contribution is -0.111. The van der Waals surface area contributed by atoms with Gasteiger partial charge < -0.3 is 16.5 Å². The molecule has 0 spiro atoms. The molecule has 5 N–H and O–H groups in total. The van der Waals surface area contributed by atoms with Crippen LogP contribution in [0, 0.1) is 5.41 Å². The van der Waals surface area contributed by atoms with Crippen LogP contribution in [0.25, 0.3) is 11.3 Å². The van der Waals surface area contributed by atoms with Gasteiger partial charge in [-0.15, -0.1) is 0 Å². The van der Waals surface area contributed by atoms with Gasteiger partial charge in [-0.3, -0.25) is 9.89 Å². The Hall–Kier alpha value is -2.89. The van der Waals surface area contributed by atoms with Crippen LogP contribution >= 0.6 is 0 Å². The Morgan fingerprint density at radius 1 is 1.53 bits per heavy atom. The van der Waals surface area contributed by atoms with Gasteiger partial charge in [0, 0.05) is 29.1 Å². The lowest BCUT2D eigenvalue weighted by atomic mass is 10.1. The quantitative estimate of drug-likeness (QED) is 0.380. The molecule has 1 amide bonds. The van der Waals surface area contributed by atoms with Gasteiger partial charge >= 0.3 is 0 Å². The normalized spacial score (nSPS) is 9.89. The van der Waals surface area contributed by atoms with Crippen LogP contribution < -0.4 is 11.1 Å². The molecule has 0 atom stereocenters. The Labute approximate surface area is 109 Å². The number of benzene rings is 1. The van der Waals surface area contributed by atoms with Gasteiger partial charge in [0.2, 0.25) is 5.91 Å². The molecule has 0 aliphatic carbocycles. The highest BCUT2D eigenvalue weighted by atomic mass is 16.1. The van der Waals surface area contributed by atoms with Gasteiger partial charge in [0.1, 0.15) is 0 Å². The zero-order valence-electron chi connectivity index (χ0n) is 10.1. The van der Waals surface area contributed by atoms with Crippen LogP contribution in [-0.2, 0) is 4.79 Å². The van der Waals surface area contributed by atoms with Crippen LogP contribution in [0.3, 0.4) is 0 Å². The van der Waals surface area contributed by atoms with Crippen molar-refractivity contribution in [3.63, 3.8) is 0 Å². The molecule has 6 heteroatoms. The van der Waals surface area contributed by atoms with E-state index in [-0.39, 0.29) is 5.91 Å². The van der Waals surface area contributed by atoms with Crippen molar-refractivity contribution >= 4 is 23.6 Å². The molecule has 0 bridgehead atoms. The number of carbonyl (C=O) groups excluding carboxylic acids is 1. The first-order chi connectivity index (χ1) is 9.15.